The summed E-state index contributed by atoms with van der Waals surface area (Å²) < 4.78 is 32.8. The van der Waals surface area contributed by atoms with Crippen molar-refractivity contribution in [2.24, 2.45) is 5.18 Å². The average Bonchev–Trinajstić information content (AvgIpc) is 3.27. The van der Waals surface area contributed by atoms with Gasteiger partial charge in [-0.2, -0.15) is 4.91 Å². The fourth-order valence-corrected chi connectivity index (χ4v) is 5.70. The van der Waals surface area contributed by atoms with Gasteiger partial charge in [0.2, 0.25) is 0 Å². The number of hydrogen-bond donors (Lipinski definition) is 2. The van der Waals surface area contributed by atoms with Crippen molar-refractivity contribution in [3.05, 3.63) is 86.6 Å². The summed E-state index contributed by atoms with van der Waals surface area (Å²) in [6, 6.07) is 12.3. The van der Waals surface area contributed by atoms with Crippen LogP contribution in [0.1, 0.15) is 27.7 Å². The lowest BCUT2D eigenvalue weighted by Crippen LogP contribution is -2.52. The Hall–Kier alpha value is -2.17. The molecule has 5 nitrogen and oxygen atoms in total. The van der Waals surface area contributed by atoms with Gasteiger partial charge in [-0.05, 0) is 59.7 Å². The van der Waals surface area contributed by atoms with Gasteiger partial charge in [-0.1, -0.05) is 29.4 Å². The quantitative estimate of drug-likeness (QED) is 0.463. The third-order valence-electron chi connectivity index (χ3n) is 5.86. The molecule has 1 fully saturated rings. The number of thiophene rings is 1. The van der Waals surface area contributed by atoms with E-state index in [-0.39, 0.29) is 0 Å². The Labute approximate surface area is 198 Å². The molecule has 1 saturated heterocycles. The summed E-state index contributed by atoms with van der Waals surface area (Å²) >= 11 is 2.75. The molecule has 3 aromatic rings. The zero-order valence-electron chi connectivity index (χ0n) is 17.9. The minimum Gasteiger partial charge on any atom is -0.388 e. The molecule has 0 radical (unpaired) electrons. The number of benzene rings is 2. The standard InChI is InChI=1S/C24H23F2NO4S2/c1-12-3-4-14(23-22(29)21(28)20(27-30)24(31-23)32-2)9-15(12)10-16-6-8-19(33-16)13-5-7-17(25)18(26)11-13/h3-9,11,20-24,28-29H,10H2,1-2H3/t20-,21-,22+,23?,24+/m0/s1. The maximum atomic E-state index is 13.6. The summed E-state index contributed by atoms with van der Waals surface area (Å²) in [5.41, 5.74) is 2.70. The molecular formula is C24H23F2NO4S2. The molecular weight excluding hydrogens is 468 g/mol. The summed E-state index contributed by atoms with van der Waals surface area (Å²) in [5, 5.41) is 23.9. The lowest BCUT2D eigenvalue weighted by molar-refractivity contribution is -0.156. The van der Waals surface area contributed by atoms with E-state index in [9.17, 15) is 23.9 Å². The minimum absolute atomic E-state index is 0.601. The lowest BCUT2D eigenvalue weighted by Gasteiger charge is -2.39. The van der Waals surface area contributed by atoms with E-state index in [1.165, 1.54) is 29.2 Å². The van der Waals surface area contributed by atoms with E-state index in [0.717, 1.165) is 26.9 Å². The zero-order chi connectivity index (χ0) is 23.7. The van der Waals surface area contributed by atoms with Crippen LogP contribution in [-0.2, 0) is 11.2 Å². The molecule has 2 aromatic carbocycles. The second kappa shape index (κ2) is 9.99. The number of hydrogen-bond acceptors (Lipinski definition) is 7. The smallest absolute Gasteiger partial charge is 0.159 e. The number of aliphatic hydroxyl groups is 2. The van der Waals surface area contributed by atoms with Crippen molar-refractivity contribution in [1.82, 2.24) is 0 Å². The molecule has 0 saturated carbocycles. The summed E-state index contributed by atoms with van der Waals surface area (Å²) in [6.07, 6.45) is -1.04. The fourth-order valence-electron chi connectivity index (χ4n) is 3.95. The Bertz CT molecular complexity index is 1150. The summed E-state index contributed by atoms with van der Waals surface area (Å²) in [7, 11) is 0. The van der Waals surface area contributed by atoms with Gasteiger partial charge in [0.15, 0.2) is 17.7 Å². The van der Waals surface area contributed by atoms with Crippen molar-refractivity contribution in [3.63, 3.8) is 0 Å². The molecule has 5 atom stereocenters. The first-order chi connectivity index (χ1) is 15.8. The van der Waals surface area contributed by atoms with Crippen LogP contribution < -0.4 is 0 Å². The van der Waals surface area contributed by atoms with Crippen LogP contribution in [0.3, 0.4) is 0 Å². The highest BCUT2D eigenvalue weighted by Crippen LogP contribution is 2.38. The second-order valence-electron chi connectivity index (χ2n) is 8.00. The van der Waals surface area contributed by atoms with E-state index in [2.05, 4.69) is 5.18 Å². The topological polar surface area (TPSA) is 79.1 Å². The SMILES string of the molecule is CS[C@H]1OC(c2ccc(C)c(Cc3ccc(-c4ccc(F)c(F)c4)s3)c2)[C@H](O)[C@@H](O)[C@@H]1N=O. The molecule has 0 aliphatic carbocycles. The van der Waals surface area contributed by atoms with E-state index < -0.39 is 41.4 Å². The first-order valence-electron chi connectivity index (χ1n) is 10.3. The minimum atomic E-state index is -1.32. The van der Waals surface area contributed by atoms with E-state index in [4.69, 9.17) is 4.74 Å². The second-order valence-corrected chi connectivity index (χ2v) is 10.1. The molecule has 174 valence electrons. The summed E-state index contributed by atoms with van der Waals surface area (Å²) in [4.78, 5) is 13.0. The van der Waals surface area contributed by atoms with Gasteiger partial charge >= 0.3 is 0 Å². The highest BCUT2D eigenvalue weighted by molar-refractivity contribution is 7.99. The van der Waals surface area contributed by atoms with Gasteiger partial charge in [0.1, 0.15) is 23.7 Å². The van der Waals surface area contributed by atoms with Crippen molar-refractivity contribution >= 4 is 23.1 Å². The summed E-state index contributed by atoms with van der Waals surface area (Å²) in [5.74, 6) is -1.76. The molecule has 2 heterocycles. The highest BCUT2D eigenvalue weighted by atomic mass is 32.2. The van der Waals surface area contributed by atoms with Gasteiger partial charge in [0, 0.05) is 16.2 Å². The Morgan fingerprint density at radius 3 is 2.55 bits per heavy atom. The maximum Gasteiger partial charge on any atom is 0.159 e. The van der Waals surface area contributed by atoms with Crippen LogP contribution >= 0.6 is 23.1 Å². The number of halogens is 2. The maximum absolute atomic E-state index is 13.6. The van der Waals surface area contributed by atoms with E-state index in [0.29, 0.717) is 17.5 Å². The van der Waals surface area contributed by atoms with Crippen LogP contribution in [-0.4, -0.2) is 40.2 Å². The summed E-state index contributed by atoms with van der Waals surface area (Å²) in [6.45, 7) is 1.98. The predicted octanol–water partition coefficient (Wildman–Crippen LogP) is 5.21. The largest absolute Gasteiger partial charge is 0.388 e. The fraction of sp³-hybridized carbons (Fsp3) is 0.333. The van der Waals surface area contributed by atoms with Crippen molar-refractivity contribution in [2.45, 2.75) is 43.1 Å². The molecule has 2 N–H and O–H groups in total. The van der Waals surface area contributed by atoms with Crippen molar-refractivity contribution in [3.8, 4) is 10.4 Å². The molecule has 9 heteroatoms. The van der Waals surface area contributed by atoms with Crippen molar-refractivity contribution < 1.29 is 23.7 Å². The van der Waals surface area contributed by atoms with Crippen LogP contribution in [0.15, 0.2) is 53.7 Å². The predicted molar refractivity (Wildman–Crippen MR) is 126 cm³/mol. The molecule has 1 aliphatic heterocycles. The first kappa shape index (κ1) is 24.0. The first-order valence-corrected chi connectivity index (χ1v) is 12.4. The molecule has 0 amide bonds. The number of nitroso groups, excluding NO2 is 1. The number of rotatable bonds is 6. The number of aryl methyl sites for hydroxylation is 1. The molecule has 33 heavy (non-hydrogen) atoms. The third kappa shape index (κ3) is 4.88. The van der Waals surface area contributed by atoms with Crippen LogP contribution in [0, 0.1) is 23.5 Å². The van der Waals surface area contributed by atoms with Crippen molar-refractivity contribution in [2.75, 3.05) is 6.26 Å². The average molecular weight is 492 g/mol. The molecule has 1 unspecified atom stereocenters. The number of nitrogens with zero attached hydrogens (tertiary/aromatic N) is 1. The van der Waals surface area contributed by atoms with Gasteiger partial charge in [-0.3, -0.25) is 0 Å². The van der Waals surface area contributed by atoms with E-state index >= 15 is 0 Å². The Kier molecular flexibility index (Phi) is 7.25. The molecule has 0 spiro atoms. The van der Waals surface area contributed by atoms with Crippen LogP contribution in [0.25, 0.3) is 10.4 Å². The zero-order valence-corrected chi connectivity index (χ0v) is 19.6. The van der Waals surface area contributed by atoms with E-state index in [1.54, 1.807) is 12.3 Å². The van der Waals surface area contributed by atoms with E-state index in [1.807, 2.05) is 37.3 Å². The number of thioether (sulfide) groups is 1. The number of ether oxygens (including phenoxy) is 1. The van der Waals surface area contributed by atoms with Gasteiger partial charge in [0.25, 0.3) is 0 Å². The molecule has 1 aliphatic rings. The lowest BCUT2D eigenvalue weighted by atomic mass is 9.91. The van der Waals surface area contributed by atoms with Crippen LogP contribution in [0.5, 0.6) is 0 Å². The van der Waals surface area contributed by atoms with Crippen LogP contribution in [0.4, 0.5) is 8.78 Å². The Morgan fingerprint density at radius 2 is 1.85 bits per heavy atom. The third-order valence-corrected chi connectivity index (χ3v) is 7.84. The van der Waals surface area contributed by atoms with Gasteiger partial charge in [-0.15, -0.1) is 23.1 Å². The van der Waals surface area contributed by atoms with Crippen LogP contribution in [0.2, 0.25) is 0 Å². The van der Waals surface area contributed by atoms with Gasteiger partial charge in [0.05, 0.1) is 0 Å². The Balaban J connectivity index is 1.58. The Morgan fingerprint density at radius 1 is 1.06 bits per heavy atom. The van der Waals surface area contributed by atoms with Gasteiger partial charge < -0.3 is 14.9 Å². The molecule has 4 rings (SSSR count). The normalized spacial score (nSPS) is 25.2. The number of aliphatic hydroxyl groups excluding tert-OH is 2. The molecule has 1 aromatic heterocycles. The molecule has 0 bridgehead atoms. The van der Waals surface area contributed by atoms with Crippen molar-refractivity contribution in [1.29, 1.82) is 0 Å². The van der Waals surface area contributed by atoms with Gasteiger partial charge in [-0.25, -0.2) is 8.78 Å². The monoisotopic (exact) mass is 491 g/mol. The highest BCUT2D eigenvalue weighted by Gasteiger charge is 2.45.